The van der Waals surface area contributed by atoms with Crippen LogP contribution in [0, 0.1) is 17.8 Å². The van der Waals surface area contributed by atoms with Crippen molar-refractivity contribution in [3.63, 3.8) is 0 Å². The standard InChI is InChI=1S/C14H27NO/c1-10-4-3-5-12(8-10)14(16)13-9-11(2)6-7-15-13/h10-16H,3-9H2,1-2H3. The first-order chi connectivity index (χ1) is 7.66. The minimum absolute atomic E-state index is 0.106. The maximum Gasteiger partial charge on any atom is 0.0721 e. The van der Waals surface area contributed by atoms with Gasteiger partial charge in [-0.1, -0.05) is 26.7 Å². The zero-order chi connectivity index (χ0) is 11.5. The van der Waals surface area contributed by atoms with Crippen molar-refractivity contribution in [1.29, 1.82) is 0 Å². The Morgan fingerprint density at radius 2 is 1.81 bits per heavy atom. The molecule has 2 aliphatic rings. The van der Waals surface area contributed by atoms with E-state index in [1.807, 2.05) is 0 Å². The molecular formula is C14H27NO. The van der Waals surface area contributed by atoms with E-state index in [9.17, 15) is 5.11 Å². The third kappa shape index (κ3) is 2.98. The summed E-state index contributed by atoms with van der Waals surface area (Å²) in [6.45, 7) is 5.73. The van der Waals surface area contributed by atoms with Crippen LogP contribution < -0.4 is 5.32 Å². The predicted octanol–water partition coefficient (Wildman–Crippen LogP) is 2.56. The van der Waals surface area contributed by atoms with Crippen molar-refractivity contribution in [2.24, 2.45) is 17.8 Å². The lowest BCUT2D eigenvalue weighted by Gasteiger charge is -2.38. The zero-order valence-corrected chi connectivity index (χ0v) is 10.8. The number of piperidine rings is 1. The van der Waals surface area contributed by atoms with Crippen molar-refractivity contribution in [2.75, 3.05) is 6.54 Å². The van der Waals surface area contributed by atoms with Crippen LogP contribution in [0.2, 0.25) is 0 Å². The van der Waals surface area contributed by atoms with Crippen LogP contribution in [-0.2, 0) is 0 Å². The number of aliphatic hydroxyl groups excluding tert-OH is 1. The highest BCUT2D eigenvalue weighted by molar-refractivity contribution is 4.88. The Kier molecular flexibility index (Phi) is 4.26. The number of aliphatic hydroxyl groups is 1. The van der Waals surface area contributed by atoms with Gasteiger partial charge in [0.15, 0.2) is 0 Å². The average molecular weight is 225 g/mol. The van der Waals surface area contributed by atoms with E-state index in [0.717, 1.165) is 24.8 Å². The molecule has 1 saturated heterocycles. The Balaban J connectivity index is 1.87. The lowest BCUT2D eigenvalue weighted by molar-refractivity contribution is 0.0259. The van der Waals surface area contributed by atoms with Crippen LogP contribution in [0.3, 0.4) is 0 Å². The monoisotopic (exact) mass is 225 g/mol. The second-order valence-corrected chi connectivity index (χ2v) is 6.21. The molecule has 2 N–H and O–H groups in total. The molecule has 0 aromatic heterocycles. The maximum absolute atomic E-state index is 10.5. The summed E-state index contributed by atoms with van der Waals surface area (Å²) in [5.41, 5.74) is 0. The van der Waals surface area contributed by atoms with Crippen molar-refractivity contribution < 1.29 is 5.11 Å². The maximum atomic E-state index is 10.5. The van der Waals surface area contributed by atoms with Crippen molar-refractivity contribution >= 4 is 0 Å². The molecule has 1 aliphatic heterocycles. The van der Waals surface area contributed by atoms with Gasteiger partial charge in [0.2, 0.25) is 0 Å². The molecule has 2 rings (SSSR count). The Morgan fingerprint density at radius 3 is 2.50 bits per heavy atom. The Bertz CT molecular complexity index is 197. The molecule has 1 heterocycles. The molecule has 16 heavy (non-hydrogen) atoms. The van der Waals surface area contributed by atoms with Crippen molar-refractivity contribution in [3.05, 3.63) is 0 Å². The van der Waals surface area contributed by atoms with Gasteiger partial charge in [0, 0.05) is 6.04 Å². The quantitative estimate of drug-likeness (QED) is 0.757. The average Bonchev–Trinajstić information content (AvgIpc) is 2.28. The molecule has 2 fully saturated rings. The Labute approximate surface area is 99.8 Å². The number of nitrogens with one attached hydrogen (secondary N) is 1. The van der Waals surface area contributed by atoms with Gasteiger partial charge in [0.25, 0.3) is 0 Å². The van der Waals surface area contributed by atoms with Crippen molar-refractivity contribution in [2.45, 2.75) is 64.5 Å². The summed E-state index contributed by atoms with van der Waals surface area (Å²) in [7, 11) is 0. The van der Waals surface area contributed by atoms with Crippen molar-refractivity contribution in [3.8, 4) is 0 Å². The van der Waals surface area contributed by atoms with Gasteiger partial charge in [-0.05, 0) is 50.0 Å². The van der Waals surface area contributed by atoms with Crippen LogP contribution in [0.5, 0.6) is 0 Å². The molecule has 0 bridgehead atoms. The summed E-state index contributed by atoms with van der Waals surface area (Å²) in [6, 6.07) is 0.360. The van der Waals surface area contributed by atoms with Crippen LogP contribution in [0.1, 0.15) is 52.4 Å². The predicted molar refractivity (Wildman–Crippen MR) is 67.3 cm³/mol. The lowest BCUT2D eigenvalue weighted by atomic mass is 9.76. The SMILES string of the molecule is CC1CCCC(C(O)C2CC(C)CCN2)C1. The zero-order valence-electron chi connectivity index (χ0n) is 10.8. The molecule has 94 valence electrons. The summed E-state index contributed by atoms with van der Waals surface area (Å²) in [4.78, 5) is 0. The fourth-order valence-electron chi connectivity index (χ4n) is 3.53. The van der Waals surface area contributed by atoms with Crippen LogP contribution in [-0.4, -0.2) is 23.8 Å². The highest BCUT2D eigenvalue weighted by atomic mass is 16.3. The van der Waals surface area contributed by atoms with E-state index in [0.29, 0.717) is 12.0 Å². The number of hydrogen-bond donors (Lipinski definition) is 2. The normalized spacial score (nSPS) is 42.9. The van der Waals surface area contributed by atoms with E-state index in [1.165, 1.54) is 32.1 Å². The van der Waals surface area contributed by atoms with Gasteiger partial charge in [-0.25, -0.2) is 0 Å². The van der Waals surface area contributed by atoms with Gasteiger partial charge in [-0.15, -0.1) is 0 Å². The van der Waals surface area contributed by atoms with E-state index in [1.54, 1.807) is 0 Å². The molecule has 1 saturated carbocycles. The smallest absolute Gasteiger partial charge is 0.0721 e. The molecule has 1 aliphatic carbocycles. The topological polar surface area (TPSA) is 32.3 Å². The van der Waals surface area contributed by atoms with Crippen molar-refractivity contribution in [1.82, 2.24) is 5.32 Å². The fraction of sp³-hybridized carbons (Fsp3) is 1.00. The summed E-state index contributed by atoms with van der Waals surface area (Å²) in [5, 5.41) is 14.0. The molecule has 2 nitrogen and oxygen atoms in total. The molecule has 0 aromatic carbocycles. The van der Waals surface area contributed by atoms with Crippen LogP contribution in [0.4, 0.5) is 0 Å². The van der Waals surface area contributed by atoms with Gasteiger partial charge in [-0.3, -0.25) is 0 Å². The summed E-state index contributed by atoms with van der Waals surface area (Å²) in [6.07, 6.45) is 7.45. The minimum Gasteiger partial charge on any atom is -0.391 e. The van der Waals surface area contributed by atoms with E-state index in [2.05, 4.69) is 19.2 Å². The Hall–Kier alpha value is -0.0800. The van der Waals surface area contributed by atoms with Gasteiger partial charge in [-0.2, -0.15) is 0 Å². The first-order valence-electron chi connectivity index (χ1n) is 7.08. The highest BCUT2D eigenvalue weighted by Crippen LogP contribution is 2.33. The van der Waals surface area contributed by atoms with Gasteiger partial charge >= 0.3 is 0 Å². The lowest BCUT2D eigenvalue weighted by Crippen LogP contribution is -2.49. The minimum atomic E-state index is -0.106. The number of rotatable bonds is 2. The molecular weight excluding hydrogens is 198 g/mol. The highest BCUT2D eigenvalue weighted by Gasteiger charge is 2.32. The summed E-state index contributed by atoms with van der Waals surface area (Å²) < 4.78 is 0. The largest absolute Gasteiger partial charge is 0.391 e. The molecule has 5 unspecified atom stereocenters. The summed E-state index contributed by atoms with van der Waals surface area (Å²) >= 11 is 0. The van der Waals surface area contributed by atoms with Gasteiger partial charge in [0.1, 0.15) is 0 Å². The van der Waals surface area contributed by atoms with Gasteiger partial charge < -0.3 is 10.4 Å². The summed E-state index contributed by atoms with van der Waals surface area (Å²) in [5.74, 6) is 2.14. The van der Waals surface area contributed by atoms with E-state index in [-0.39, 0.29) is 6.10 Å². The second-order valence-electron chi connectivity index (χ2n) is 6.21. The molecule has 0 aromatic rings. The van der Waals surface area contributed by atoms with E-state index in [4.69, 9.17) is 0 Å². The third-order valence-electron chi connectivity index (χ3n) is 4.57. The molecule has 0 radical (unpaired) electrons. The third-order valence-corrected chi connectivity index (χ3v) is 4.57. The van der Waals surface area contributed by atoms with E-state index >= 15 is 0 Å². The number of hydrogen-bond acceptors (Lipinski definition) is 2. The van der Waals surface area contributed by atoms with Crippen LogP contribution in [0.25, 0.3) is 0 Å². The molecule has 2 heteroatoms. The molecule has 0 amide bonds. The molecule has 0 spiro atoms. The first kappa shape index (κ1) is 12.4. The molecule has 5 atom stereocenters. The Morgan fingerprint density at radius 1 is 1.06 bits per heavy atom. The van der Waals surface area contributed by atoms with E-state index < -0.39 is 0 Å². The van der Waals surface area contributed by atoms with Crippen LogP contribution in [0.15, 0.2) is 0 Å². The fourth-order valence-corrected chi connectivity index (χ4v) is 3.53. The van der Waals surface area contributed by atoms with Gasteiger partial charge in [0.05, 0.1) is 6.10 Å². The second kappa shape index (κ2) is 5.50. The first-order valence-corrected chi connectivity index (χ1v) is 7.08. The van der Waals surface area contributed by atoms with Crippen LogP contribution >= 0.6 is 0 Å².